The van der Waals surface area contributed by atoms with Gasteiger partial charge in [-0.25, -0.2) is 0 Å². The number of ether oxygens (including phenoxy) is 5. The lowest BCUT2D eigenvalue weighted by Gasteiger charge is -2.43. The maximum atomic E-state index is 10.1. The number of para-hydroxylation sites is 1. The van der Waals surface area contributed by atoms with Gasteiger partial charge in [0.1, 0.15) is 24.2 Å². The highest BCUT2D eigenvalue weighted by Gasteiger charge is 2.51. The summed E-state index contributed by atoms with van der Waals surface area (Å²) in [7, 11) is 0. The number of nitrogens with zero attached hydrogens (tertiary/aromatic N) is 1. The Balaban J connectivity index is 2.35. The summed E-state index contributed by atoms with van der Waals surface area (Å²) in [6.45, 7) is 13.5. The van der Waals surface area contributed by atoms with Crippen molar-refractivity contribution in [3.05, 3.63) is 65.5 Å². The third-order valence-corrected chi connectivity index (χ3v) is 12.3. The first-order valence-electron chi connectivity index (χ1n) is 25.9. The predicted molar refractivity (Wildman–Crippen MR) is 260 cm³/mol. The molecule has 1 aliphatic rings. The highest BCUT2D eigenvalue weighted by molar-refractivity contribution is 5.55. The predicted octanol–water partition coefficient (Wildman–Crippen LogP) is 15.4. The van der Waals surface area contributed by atoms with Crippen molar-refractivity contribution in [2.45, 2.75) is 225 Å². The van der Waals surface area contributed by atoms with Crippen LogP contribution in [-0.2, 0) is 24.5 Å². The highest BCUT2D eigenvalue weighted by Crippen LogP contribution is 2.48. The Morgan fingerprint density at radius 2 is 1.05 bits per heavy atom. The zero-order valence-electron chi connectivity index (χ0n) is 40.3. The van der Waals surface area contributed by atoms with Gasteiger partial charge in [-0.2, -0.15) is 5.26 Å². The standard InChI is InChI=1S/C55H93NO6/c1-5-8-11-14-17-20-23-26-29-34-40-60-53-46-50(49(4)48-56)47-54(61-41-35-30-27-24-21-18-15-12-9-6-2)55(53,62-42-36-31-28-25-22-19-16-13-10-7-3)51-37-32-33-38-52(51)59-45-44-58-43-39-57/h32-33,37-38,46-47,53,57H,4-31,34-36,39-45H2,1-3H3. The molecule has 354 valence electrons. The number of hydrogen-bond donors (Lipinski definition) is 1. The molecule has 7 nitrogen and oxygen atoms in total. The molecule has 0 spiro atoms. The second-order valence-corrected chi connectivity index (χ2v) is 17.7. The van der Waals surface area contributed by atoms with E-state index in [1.54, 1.807) is 0 Å². The molecule has 0 amide bonds. The number of nitriles is 1. The number of aliphatic hydroxyl groups is 1. The number of allylic oxidation sites excluding steroid dienone is 3. The molecule has 1 aromatic rings. The van der Waals surface area contributed by atoms with E-state index in [0.717, 1.165) is 44.1 Å². The monoisotopic (exact) mass is 864 g/mol. The van der Waals surface area contributed by atoms with Crippen molar-refractivity contribution in [3.8, 4) is 11.8 Å². The summed E-state index contributed by atoms with van der Waals surface area (Å²) in [6, 6.07) is 10.4. The minimum Gasteiger partial charge on any atom is -0.494 e. The molecule has 0 heterocycles. The molecule has 2 atom stereocenters. The van der Waals surface area contributed by atoms with Crippen molar-refractivity contribution in [1.82, 2.24) is 0 Å². The lowest BCUT2D eigenvalue weighted by atomic mass is 9.79. The van der Waals surface area contributed by atoms with E-state index in [2.05, 4.69) is 39.5 Å². The lowest BCUT2D eigenvalue weighted by molar-refractivity contribution is -0.141. The van der Waals surface area contributed by atoms with E-state index < -0.39 is 11.7 Å². The van der Waals surface area contributed by atoms with E-state index in [9.17, 15) is 10.4 Å². The van der Waals surface area contributed by atoms with Gasteiger partial charge in [0.05, 0.1) is 38.1 Å². The molecule has 1 aliphatic carbocycles. The number of benzene rings is 1. The van der Waals surface area contributed by atoms with Crippen LogP contribution in [0.1, 0.15) is 219 Å². The number of aliphatic hydroxyl groups excluding tert-OH is 1. The Bertz CT molecular complexity index is 1330. The fraction of sp³-hybridized carbons (Fsp3) is 0.764. The first-order chi connectivity index (χ1) is 30.6. The Morgan fingerprint density at radius 3 is 1.55 bits per heavy atom. The molecule has 0 saturated carbocycles. The largest absolute Gasteiger partial charge is 0.494 e. The van der Waals surface area contributed by atoms with Gasteiger partial charge in [0, 0.05) is 18.8 Å². The summed E-state index contributed by atoms with van der Waals surface area (Å²) in [5, 5.41) is 19.4. The summed E-state index contributed by atoms with van der Waals surface area (Å²) in [5.41, 5.74) is 0.798. The van der Waals surface area contributed by atoms with Gasteiger partial charge >= 0.3 is 0 Å². The fourth-order valence-electron chi connectivity index (χ4n) is 8.47. The van der Waals surface area contributed by atoms with Crippen LogP contribution in [0.15, 0.2) is 59.9 Å². The van der Waals surface area contributed by atoms with Gasteiger partial charge in [-0.1, -0.05) is 219 Å². The Morgan fingerprint density at radius 1 is 0.581 bits per heavy atom. The molecule has 1 N–H and O–H groups in total. The Labute approximate surface area is 381 Å². The van der Waals surface area contributed by atoms with Crippen LogP contribution < -0.4 is 4.74 Å². The smallest absolute Gasteiger partial charge is 0.183 e. The molecule has 1 aromatic carbocycles. The molecular weight excluding hydrogens is 771 g/mol. The summed E-state index contributed by atoms with van der Waals surface area (Å²) < 4.78 is 33.2. The molecule has 0 fully saturated rings. The molecule has 0 aromatic heterocycles. The van der Waals surface area contributed by atoms with Crippen LogP contribution in [0.25, 0.3) is 0 Å². The number of unbranched alkanes of at least 4 members (excludes halogenated alkanes) is 27. The summed E-state index contributed by atoms with van der Waals surface area (Å²) in [6.07, 6.45) is 40.8. The summed E-state index contributed by atoms with van der Waals surface area (Å²) in [4.78, 5) is 0. The first kappa shape index (κ1) is 55.5. The quantitative estimate of drug-likeness (QED) is 0.0516. The molecule has 0 saturated heterocycles. The highest BCUT2D eigenvalue weighted by atomic mass is 16.6. The number of rotatable bonds is 44. The molecule has 0 aliphatic heterocycles. The Kier molecular flexibility index (Phi) is 34.7. The second-order valence-electron chi connectivity index (χ2n) is 17.7. The zero-order valence-corrected chi connectivity index (χ0v) is 40.3. The van der Waals surface area contributed by atoms with Gasteiger partial charge in [-0.15, -0.1) is 0 Å². The van der Waals surface area contributed by atoms with Crippen molar-refractivity contribution in [2.75, 3.05) is 46.2 Å². The zero-order chi connectivity index (χ0) is 44.6. The average Bonchev–Trinajstić information content (AvgIpc) is 3.29. The van der Waals surface area contributed by atoms with E-state index >= 15 is 0 Å². The van der Waals surface area contributed by atoms with Crippen LogP contribution >= 0.6 is 0 Å². The van der Waals surface area contributed by atoms with Crippen molar-refractivity contribution in [2.24, 2.45) is 0 Å². The Hall–Kier alpha value is -2.63. The average molecular weight is 864 g/mol. The third kappa shape index (κ3) is 23.9. The minimum absolute atomic E-state index is 0.0300. The van der Waals surface area contributed by atoms with Crippen LogP contribution in [0.5, 0.6) is 5.75 Å². The van der Waals surface area contributed by atoms with E-state index in [1.165, 1.54) is 154 Å². The van der Waals surface area contributed by atoms with E-state index in [0.29, 0.717) is 55.7 Å². The first-order valence-corrected chi connectivity index (χ1v) is 25.9. The van der Waals surface area contributed by atoms with Gasteiger partial charge in [-0.3, -0.25) is 0 Å². The minimum atomic E-state index is -1.14. The SMILES string of the molecule is C=C(C#N)C1=CC(OCCCCCCCCCCCC)C(OCCCCCCCCCCCC)(c2ccccc2OCCOCCO)C(OCCCCCCCCCCCC)=C1. The van der Waals surface area contributed by atoms with Gasteiger partial charge in [-0.05, 0) is 43.1 Å². The molecular formula is C55H93NO6. The van der Waals surface area contributed by atoms with Crippen LogP contribution in [0, 0.1) is 11.3 Å². The van der Waals surface area contributed by atoms with Crippen LogP contribution in [-0.4, -0.2) is 57.5 Å². The number of hydrogen-bond acceptors (Lipinski definition) is 7. The molecule has 2 unspecified atom stereocenters. The fourth-order valence-corrected chi connectivity index (χ4v) is 8.47. The second kappa shape index (κ2) is 38.8. The van der Waals surface area contributed by atoms with Crippen LogP contribution in [0.3, 0.4) is 0 Å². The van der Waals surface area contributed by atoms with E-state index in [4.69, 9.17) is 23.7 Å². The van der Waals surface area contributed by atoms with Gasteiger partial charge < -0.3 is 28.8 Å². The third-order valence-electron chi connectivity index (χ3n) is 12.3. The molecule has 0 radical (unpaired) electrons. The van der Waals surface area contributed by atoms with Gasteiger partial charge in [0.25, 0.3) is 0 Å². The van der Waals surface area contributed by atoms with Crippen molar-refractivity contribution in [1.29, 1.82) is 5.26 Å². The van der Waals surface area contributed by atoms with Gasteiger partial charge in [0.15, 0.2) is 5.60 Å². The molecule has 0 bridgehead atoms. The van der Waals surface area contributed by atoms with Crippen LogP contribution in [0.4, 0.5) is 0 Å². The maximum absolute atomic E-state index is 10.1. The van der Waals surface area contributed by atoms with Crippen molar-refractivity contribution in [3.63, 3.8) is 0 Å². The molecule has 2 rings (SSSR count). The topological polar surface area (TPSA) is 90.2 Å². The molecule has 62 heavy (non-hydrogen) atoms. The normalized spacial score (nSPS) is 16.2. The molecule has 7 heteroatoms. The lowest BCUT2D eigenvalue weighted by Crippen LogP contribution is -2.48. The summed E-state index contributed by atoms with van der Waals surface area (Å²) in [5.74, 6) is 1.33. The van der Waals surface area contributed by atoms with Crippen molar-refractivity contribution >= 4 is 0 Å². The maximum Gasteiger partial charge on any atom is 0.183 e. The van der Waals surface area contributed by atoms with E-state index in [1.807, 2.05) is 30.4 Å². The van der Waals surface area contributed by atoms with Crippen LogP contribution in [0.2, 0.25) is 0 Å². The summed E-state index contributed by atoms with van der Waals surface area (Å²) >= 11 is 0. The van der Waals surface area contributed by atoms with Gasteiger partial charge in [0.2, 0.25) is 0 Å². The van der Waals surface area contributed by atoms with Crippen molar-refractivity contribution < 1.29 is 28.8 Å². The van der Waals surface area contributed by atoms with E-state index in [-0.39, 0.29) is 13.2 Å².